The number of nitrogens with zero attached hydrogens (tertiary/aromatic N) is 1. The smallest absolute Gasteiger partial charge is 0.162 e. The van der Waals surface area contributed by atoms with Crippen LogP contribution >= 0.6 is 11.3 Å². The summed E-state index contributed by atoms with van der Waals surface area (Å²) in [6, 6.07) is 13.6. The molecular weight excluding hydrogens is 284 g/mol. The molecule has 1 atom stereocenters. The summed E-state index contributed by atoms with van der Waals surface area (Å²) in [6.07, 6.45) is 1.64. The van der Waals surface area contributed by atoms with Crippen molar-refractivity contribution >= 4 is 11.3 Å². The highest BCUT2D eigenvalue weighted by molar-refractivity contribution is 7.13. The zero-order valence-electron chi connectivity index (χ0n) is 11.4. The van der Waals surface area contributed by atoms with Gasteiger partial charge in [0.05, 0.1) is 24.6 Å². The van der Waals surface area contributed by atoms with E-state index in [1.165, 1.54) is 0 Å². The van der Waals surface area contributed by atoms with Crippen molar-refractivity contribution in [3.8, 4) is 10.8 Å². The molecule has 1 aromatic carbocycles. The molecule has 1 unspecified atom stereocenters. The predicted octanol–water partition coefficient (Wildman–Crippen LogP) is 3.23. The van der Waals surface area contributed by atoms with Gasteiger partial charge in [0.2, 0.25) is 0 Å². The van der Waals surface area contributed by atoms with Gasteiger partial charge in [0, 0.05) is 11.9 Å². The van der Waals surface area contributed by atoms with Crippen LogP contribution in [0, 0.1) is 0 Å². The highest BCUT2D eigenvalue weighted by atomic mass is 32.1. The Kier molecular flexibility index (Phi) is 4.45. The van der Waals surface area contributed by atoms with Crippen molar-refractivity contribution in [1.82, 2.24) is 10.3 Å². The lowest BCUT2D eigenvalue weighted by atomic mass is 10.1. The summed E-state index contributed by atoms with van der Waals surface area (Å²) in [5.74, 6) is 0.785. The standard InChI is InChI=1S/C16H16N2O2S/c19-10-14(12-5-2-1-3-6-12)17-9-13-11-21-16(18-13)15-7-4-8-20-15/h1-8,11,14,17,19H,9-10H2. The van der Waals surface area contributed by atoms with Crippen LogP contribution in [0.1, 0.15) is 17.3 Å². The number of furan rings is 1. The lowest BCUT2D eigenvalue weighted by molar-refractivity contribution is 0.243. The van der Waals surface area contributed by atoms with Crippen molar-refractivity contribution in [3.05, 3.63) is 65.4 Å². The van der Waals surface area contributed by atoms with Crippen LogP contribution in [0.5, 0.6) is 0 Å². The first-order valence-corrected chi connectivity index (χ1v) is 7.62. The van der Waals surface area contributed by atoms with Gasteiger partial charge < -0.3 is 14.8 Å². The van der Waals surface area contributed by atoms with Crippen LogP contribution in [0.25, 0.3) is 10.8 Å². The molecular formula is C16H16N2O2S. The Morgan fingerprint density at radius 1 is 1.19 bits per heavy atom. The predicted molar refractivity (Wildman–Crippen MR) is 82.9 cm³/mol. The second-order valence-corrected chi connectivity index (χ2v) is 5.51. The molecule has 0 amide bonds. The molecule has 2 heterocycles. The Morgan fingerprint density at radius 3 is 2.76 bits per heavy atom. The minimum atomic E-state index is -0.0834. The largest absolute Gasteiger partial charge is 0.462 e. The van der Waals surface area contributed by atoms with E-state index in [1.54, 1.807) is 17.6 Å². The number of aliphatic hydroxyl groups is 1. The van der Waals surface area contributed by atoms with Crippen molar-refractivity contribution in [2.24, 2.45) is 0 Å². The first kappa shape index (κ1) is 14.0. The number of hydrogen-bond donors (Lipinski definition) is 2. The van der Waals surface area contributed by atoms with Crippen LogP contribution < -0.4 is 5.32 Å². The molecule has 5 heteroatoms. The molecule has 2 aromatic heterocycles. The number of aliphatic hydroxyl groups excluding tert-OH is 1. The zero-order valence-corrected chi connectivity index (χ0v) is 12.2. The molecule has 0 aliphatic rings. The molecule has 0 bridgehead atoms. The number of hydrogen-bond acceptors (Lipinski definition) is 5. The Balaban J connectivity index is 1.64. The van der Waals surface area contributed by atoms with Gasteiger partial charge in [0.1, 0.15) is 0 Å². The fourth-order valence-corrected chi connectivity index (χ4v) is 2.89. The number of thiazole rings is 1. The number of rotatable bonds is 6. The summed E-state index contributed by atoms with van der Waals surface area (Å²) >= 11 is 1.55. The molecule has 0 aliphatic heterocycles. The van der Waals surface area contributed by atoms with Gasteiger partial charge in [-0.2, -0.15) is 0 Å². The van der Waals surface area contributed by atoms with E-state index in [-0.39, 0.29) is 12.6 Å². The van der Waals surface area contributed by atoms with Gasteiger partial charge in [-0.3, -0.25) is 0 Å². The van der Waals surface area contributed by atoms with Gasteiger partial charge in [-0.1, -0.05) is 30.3 Å². The monoisotopic (exact) mass is 300 g/mol. The molecule has 0 saturated carbocycles. The van der Waals surface area contributed by atoms with Crippen LogP contribution in [0.2, 0.25) is 0 Å². The van der Waals surface area contributed by atoms with Crippen molar-refractivity contribution in [3.63, 3.8) is 0 Å². The Bertz CT molecular complexity index is 665. The van der Waals surface area contributed by atoms with Gasteiger partial charge in [0.15, 0.2) is 10.8 Å². The molecule has 0 radical (unpaired) electrons. The van der Waals surface area contributed by atoms with E-state index in [4.69, 9.17) is 4.42 Å². The van der Waals surface area contributed by atoms with Crippen molar-refractivity contribution in [2.75, 3.05) is 6.61 Å². The SMILES string of the molecule is OCC(NCc1csc(-c2ccco2)n1)c1ccccc1. The number of benzene rings is 1. The zero-order chi connectivity index (χ0) is 14.5. The molecule has 3 rings (SSSR count). The highest BCUT2D eigenvalue weighted by Gasteiger charge is 2.11. The molecule has 0 aliphatic carbocycles. The van der Waals surface area contributed by atoms with Gasteiger partial charge >= 0.3 is 0 Å². The minimum Gasteiger partial charge on any atom is -0.462 e. The van der Waals surface area contributed by atoms with Crippen LogP contribution in [-0.4, -0.2) is 16.7 Å². The van der Waals surface area contributed by atoms with Gasteiger partial charge in [-0.05, 0) is 17.7 Å². The minimum absolute atomic E-state index is 0.0548. The molecule has 4 nitrogen and oxygen atoms in total. The van der Waals surface area contributed by atoms with E-state index in [0.29, 0.717) is 6.54 Å². The number of nitrogens with one attached hydrogen (secondary N) is 1. The second kappa shape index (κ2) is 6.67. The molecule has 0 fully saturated rings. The maximum Gasteiger partial charge on any atom is 0.162 e. The van der Waals surface area contributed by atoms with E-state index in [1.807, 2.05) is 47.8 Å². The first-order chi connectivity index (χ1) is 10.4. The molecule has 2 N–H and O–H groups in total. The fraction of sp³-hybridized carbons (Fsp3) is 0.188. The average Bonchev–Trinajstić information content (AvgIpc) is 3.20. The topological polar surface area (TPSA) is 58.3 Å². The molecule has 21 heavy (non-hydrogen) atoms. The van der Waals surface area contributed by atoms with Gasteiger partial charge in [0.25, 0.3) is 0 Å². The molecule has 108 valence electrons. The third kappa shape index (κ3) is 3.39. The van der Waals surface area contributed by atoms with E-state index < -0.39 is 0 Å². The quantitative estimate of drug-likeness (QED) is 0.734. The third-order valence-corrected chi connectivity index (χ3v) is 4.10. The highest BCUT2D eigenvalue weighted by Crippen LogP contribution is 2.24. The first-order valence-electron chi connectivity index (χ1n) is 6.74. The second-order valence-electron chi connectivity index (χ2n) is 4.65. The van der Waals surface area contributed by atoms with Crippen LogP contribution in [0.3, 0.4) is 0 Å². The van der Waals surface area contributed by atoms with E-state index in [2.05, 4.69) is 10.3 Å². The van der Waals surface area contributed by atoms with E-state index >= 15 is 0 Å². The third-order valence-electron chi connectivity index (χ3n) is 3.20. The maximum absolute atomic E-state index is 9.52. The van der Waals surface area contributed by atoms with Crippen LogP contribution in [-0.2, 0) is 6.54 Å². The normalized spacial score (nSPS) is 12.4. The maximum atomic E-state index is 9.52. The van der Waals surface area contributed by atoms with Crippen LogP contribution in [0.15, 0.2) is 58.5 Å². The van der Waals surface area contributed by atoms with E-state index in [9.17, 15) is 5.11 Å². The Hall–Kier alpha value is -1.95. The van der Waals surface area contributed by atoms with E-state index in [0.717, 1.165) is 22.0 Å². The van der Waals surface area contributed by atoms with Crippen molar-refractivity contribution < 1.29 is 9.52 Å². The average molecular weight is 300 g/mol. The summed E-state index contributed by atoms with van der Waals surface area (Å²) in [4.78, 5) is 4.53. The Labute approximate surface area is 127 Å². The summed E-state index contributed by atoms with van der Waals surface area (Å²) < 4.78 is 5.34. The summed E-state index contributed by atoms with van der Waals surface area (Å²) in [5, 5.41) is 15.7. The van der Waals surface area contributed by atoms with Gasteiger partial charge in [-0.15, -0.1) is 11.3 Å². The van der Waals surface area contributed by atoms with Crippen molar-refractivity contribution in [2.45, 2.75) is 12.6 Å². The molecule has 0 saturated heterocycles. The van der Waals surface area contributed by atoms with Gasteiger partial charge in [-0.25, -0.2) is 4.98 Å². The molecule has 0 spiro atoms. The lowest BCUT2D eigenvalue weighted by Gasteiger charge is -2.15. The fourth-order valence-electron chi connectivity index (χ4n) is 2.10. The van der Waals surface area contributed by atoms with Crippen molar-refractivity contribution in [1.29, 1.82) is 0 Å². The summed E-state index contributed by atoms with van der Waals surface area (Å²) in [7, 11) is 0. The lowest BCUT2D eigenvalue weighted by Crippen LogP contribution is -2.24. The molecule has 3 aromatic rings. The summed E-state index contributed by atoms with van der Waals surface area (Å²) in [6.45, 7) is 0.663. The Morgan fingerprint density at radius 2 is 2.05 bits per heavy atom. The number of aromatic nitrogens is 1. The summed E-state index contributed by atoms with van der Waals surface area (Å²) in [5.41, 5.74) is 2.02. The van der Waals surface area contributed by atoms with Crippen LogP contribution in [0.4, 0.5) is 0 Å².